The van der Waals surface area contributed by atoms with Gasteiger partial charge in [-0.1, -0.05) is 12.1 Å². The molecule has 1 aromatic rings. The van der Waals surface area contributed by atoms with Crippen molar-refractivity contribution in [2.45, 2.75) is 12.1 Å². The maximum atomic E-state index is 12.0. The van der Waals surface area contributed by atoms with Crippen molar-refractivity contribution in [2.75, 3.05) is 4.72 Å². The van der Waals surface area contributed by atoms with Gasteiger partial charge in [0.25, 0.3) is 0 Å². The number of benzene rings is 1. The average molecular weight is 291 g/mol. The first-order valence-electron chi connectivity index (χ1n) is 4.14. The van der Waals surface area contributed by atoms with Crippen molar-refractivity contribution >= 4 is 28.1 Å². The minimum Gasteiger partial charge on any atom is -0.326 e. The van der Waals surface area contributed by atoms with E-state index in [4.69, 9.17) is 5.73 Å². The van der Waals surface area contributed by atoms with Gasteiger partial charge in [0.05, 0.1) is 0 Å². The summed E-state index contributed by atoms with van der Waals surface area (Å²) in [5.41, 5.74) is 0.490. The van der Waals surface area contributed by atoms with Gasteiger partial charge < -0.3 is 5.73 Å². The fourth-order valence-corrected chi connectivity index (χ4v) is 1.48. The van der Waals surface area contributed by atoms with E-state index < -0.39 is 15.5 Å². The zero-order valence-electron chi connectivity index (χ0n) is 8.36. The maximum absolute atomic E-state index is 12.0. The first-order chi connectivity index (χ1) is 7.26. The van der Waals surface area contributed by atoms with E-state index in [2.05, 4.69) is 0 Å². The van der Waals surface area contributed by atoms with Gasteiger partial charge in [0, 0.05) is 12.2 Å². The molecule has 0 aromatic heterocycles. The highest BCUT2D eigenvalue weighted by Crippen LogP contribution is 2.25. The first kappa shape index (κ1) is 16.0. The lowest BCUT2D eigenvalue weighted by Crippen LogP contribution is -2.29. The number of hydrogen-bond donors (Lipinski definition) is 2. The third kappa shape index (κ3) is 4.06. The summed E-state index contributed by atoms with van der Waals surface area (Å²) in [5, 5.41) is 0. The largest absolute Gasteiger partial charge is 0.516 e. The topological polar surface area (TPSA) is 72.2 Å². The van der Waals surface area contributed by atoms with E-state index in [1.165, 1.54) is 29.0 Å². The minimum absolute atomic E-state index is 0. The van der Waals surface area contributed by atoms with Crippen LogP contribution in [0.4, 0.5) is 18.9 Å². The highest BCUT2D eigenvalue weighted by Gasteiger charge is 2.45. The molecule has 17 heavy (non-hydrogen) atoms. The molecule has 0 bridgehead atoms. The molecule has 98 valence electrons. The van der Waals surface area contributed by atoms with E-state index in [1.54, 1.807) is 0 Å². The lowest BCUT2D eigenvalue weighted by atomic mass is 10.2. The lowest BCUT2D eigenvalue weighted by Gasteiger charge is -2.10. The van der Waals surface area contributed by atoms with Crippen LogP contribution in [0.1, 0.15) is 5.56 Å². The van der Waals surface area contributed by atoms with Crippen molar-refractivity contribution in [1.82, 2.24) is 0 Å². The molecule has 0 aliphatic heterocycles. The normalized spacial score (nSPS) is 11.8. The monoisotopic (exact) mass is 290 g/mol. The third-order valence-electron chi connectivity index (χ3n) is 1.75. The molecule has 0 atom stereocenters. The Morgan fingerprint density at radius 2 is 1.65 bits per heavy atom. The van der Waals surface area contributed by atoms with Crippen LogP contribution in [0.3, 0.4) is 0 Å². The zero-order chi connectivity index (χ0) is 12.4. The number of sulfonamides is 1. The van der Waals surface area contributed by atoms with Gasteiger partial charge in [-0.25, -0.2) is 0 Å². The van der Waals surface area contributed by atoms with Crippen LogP contribution in [0.2, 0.25) is 0 Å². The van der Waals surface area contributed by atoms with Gasteiger partial charge in [-0.05, 0) is 17.7 Å². The SMILES string of the molecule is Cl.NCc1ccc(NS(=O)(=O)C(F)(F)F)cc1. The summed E-state index contributed by atoms with van der Waals surface area (Å²) in [5.74, 6) is 0. The maximum Gasteiger partial charge on any atom is 0.516 e. The Balaban J connectivity index is 0.00000256. The fraction of sp³-hybridized carbons (Fsp3) is 0.250. The molecule has 0 saturated heterocycles. The Morgan fingerprint density at radius 3 is 2.00 bits per heavy atom. The van der Waals surface area contributed by atoms with Crippen LogP contribution in [0.5, 0.6) is 0 Å². The number of alkyl halides is 3. The van der Waals surface area contributed by atoms with Gasteiger partial charge in [-0.2, -0.15) is 21.6 Å². The summed E-state index contributed by atoms with van der Waals surface area (Å²) < 4.78 is 58.8. The van der Waals surface area contributed by atoms with Gasteiger partial charge in [0.15, 0.2) is 0 Å². The van der Waals surface area contributed by atoms with Crippen LogP contribution in [-0.2, 0) is 16.6 Å². The van der Waals surface area contributed by atoms with Crippen molar-refractivity contribution in [2.24, 2.45) is 5.73 Å². The van der Waals surface area contributed by atoms with Crippen LogP contribution < -0.4 is 10.5 Å². The van der Waals surface area contributed by atoms with Gasteiger partial charge >= 0.3 is 15.5 Å². The smallest absolute Gasteiger partial charge is 0.326 e. The van der Waals surface area contributed by atoms with Crippen LogP contribution in [0, 0.1) is 0 Å². The predicted molar refractivity (Wildman–Crippen MR) is 60.2 cm³/mol. The number of halogens is 4. The Morgan fingerprint density at radius 1 is 1.18 bits per heavy atom. The van der Waals surface area contributed by atoms with Crippen molar-refractivity contribution in [3.63, 3.8) is 0 Å². The van der Waals surface area contributed by atoms with E-state index in [-0.39, 0.29) is 24.6 Å². The summed E-state index contributed by atoms with van der Waals surface area (Å²) in [4.78, 5) is 0. The quantitative estimate of drug-likeness (QED) is 0.892. The molecule has 0 saturated carbocycles. The van der Waals surface area contributed by atoms with Crippen molar-refractivity contribution in [3.05, 3.63) is 29.8 Å². The molecule has 4 nitrogen and oxygen atoms in total. The molecule has 0 fully saturated rings. The second-order valence-electron chi connectivity index (χ2n) is 2.95. The van der Waals surface area contributed by atoms with Gasteiger partial charge in [0.1, 0.15) is 0 Å². The summed E-state index contributed by atoms with van der Waals surface area (Å²) in [7, 11) is -5.35. The van der Waals surface area contributed by atoms with Gasteiger partial charge in [0.2, 0.25) is 0 Å². The van der Waals surface area contributed by atoms with Crippen LogP contribution in [0.15, 0.2) is 24.3 Å². The van der Waals surface area contributed by atoms with E-state index >= 15 is 0 Å². The standard InChI is InChI=1S/C8H9F3N2O2S.ClH/c9-8(10,11)16(14,15)13-7-3-1-6(5-12)2-4-7;/h1-4,13H,5,12H2;1H. The Kier molecular flexibility index (Phi) is 5.24. The Labute approximate surface area is 102 Å². The Hall–Kier alpha value is -0.990. The van der Waals surface area contributed by atoms with E-state index in [9.17, 15) is 21.6 Å². The van der Waals surface area contributed by atoms with E-state index in [0.717, 1.165) is 0 Å². The number of hydrogen-bond acceptors (Lipinski definition) is 3. The van der Waals surface area contributed by atoms with E-state index in [0.29, 0.717) is 5.56 Å². The van der Waals surface area contributed by atoms with Crippen LogP contribution >= 0.6 is 12.4 Å². The van der Waals surface area contributed by atoms with Crippen molar-refractivity contribution in [3.8, 4) is 0 Å². The van der Waals surface area contributed by atoms with E-state index in [1.807, 2.05) is 0 Å². The molecule has 0 unspecified atom stereocenters. The molecule has 3 N–H and O–H groups in total. The molecular weight excluding hydrogens is 281 g/mol. The van der Waals surface area contributed by atoms with Crippen LogP contribution in [0.25, 0.3) is 0 Å². The second-order valence-corrected chi connectivity index (χ2v) is 4.63. The highest BCUT2D eigenvalue weighted by molar-refractivity contribution is 7.93. The molecule has 0 heterocycles. The molecule has 9 heteroatoms. The summed E-state index contributed by atoms with van der Waals surface area (Å²) in [6.45, 7) is 0.228. The average Bonchev–Trinajstić information content (AvgIpc) is 2.16. The minimum atomic E-state index is -5.35. The second kappa shape index (κ2) is 5.56. The predicted octanol–water partition coefficient (Wildman–Crippen LogP) is 1.83. The third-order valence-corrected chi connectivity index (χ3v) is 2.86. The van der Waals surface area contributed by atoms with Crippen molar-refractivity contribution in [1.29, 1.82) is 0 Å². The molecule has 0 amide bonds. The van der Waals surface area contributed by atoms with Gasteiger partial charge in [-0.15, -0.1) is 12.4 Å². The molecule has 1 aromatic carbocycles. The molecule has 1 rings (SSSR count). The summed E-state index contributed by atoms with van der Waals surface area (Å²) in [6.07, 6.45) is 0. The molecule has 0 aliphatic rings. The Bertz CT molecular complexity index is 459. The van der Waals surface area contributed by atoms with Crippen LogP contribution in [-0.4, -0.2) is 13.9 Å². The highest BCUT2D eigenvalue weighted by atomic mass is 35.5. The van der Waals surface area contributed by atoms with Gasteiger partial charge in [-0.3, -0.25) is 4.72 Å². The molecule has 0 aliphatic carbocycles. The fourth-order valence-electron chi connectivity index (χ4n) is 0.922. The lowest BCUT2D eigenvalue weighted by molar-refractivity contribution is -0.0429. The summed E-state index contributed by atoms with van der Waals surface area (Å²) in [6, 6.07) is 5.30. The first-order valence-corrected chi connectivity index (χ1v) is 5.62. The molecular formula is C8H10ClF3N2O2S. The number of rotatable bonds is 3. The summed E-state index contributed by atoms with van der Waals surface area (Å²) >= 11 is 0. The zero-order valence-corrected chi connectivity index (χ0v) is 9.99. The molecule has 0 radical (unpaired) electrons. The number of nitrogens with one attached hydrogen (secondary N) is 1. The van der Waals surface area contributed by atoms with Crippen molar-refractivity contribution < 1.29 is 21.6 Å². The number of nitrogens with two attached hydrogens (primary N) is 1. The molecule has 0 spiro atoms. The number of anilines is 1.